The molecule has 0 spiro atoms. The van der Waals surface area contributed by atoms with Gasteiger partial charge in [0, 0.05) is 11.1 Å². The first-order valence-electron chi connectivity index (χ1n) is 4.50. The fourth-order valence-corrected chi connectivity index (χ4v) is 1.80. The number of aromatic nitrogens is 2. The van der Waals surface area contributed by atoms with E-state index in [1.165, 1.54) is 25.7 Å². The molecule has 13 heavy (non-hydrogen) atoms. The maximum atomic E-state index is 8.20. The van der Waals surface area contributed by atoms with Crippen LogP contribution in [-0.2, 0) is 0 Å². The first kappa shape index (κ1) is 8.13. The predicted molar refractivity (Wildman–Crippen MR) is 48.5 cm³/mol. The number of hydrogen-bond acceptors (Lipinski definition) is 2. The van der Waals surface area contributed by atoms with Crippen LogP contribution in [-0.4, -0.2) is 9.78 Å². The average Bonchev–Trinajstić information content (AvgIpc) is 2.70. The van der Waals surface area contributed by atoms with Crippen LogP contribution >= 0.6 is 0 Å². The van der Waals surface area contributed by atoms with E-state index < -0.39 is 0 Å². The van der Waals surface area contributed by atoms with Gasteiger partial charge in [-0.3, -0.25) is 4.68 Å². The predicted octanol–water partition coefficient (Wildman–Crippen LogP) is 2.94. The monoisotopic (exact) mass is 177 g/mol. The quantitative estimate of drug-likeness (QED) is 0.389. The van der Waals surface area contributed by atoms with E-state index >= 15 is 0 Å². The summed E-state index contributed by atoms with van der Waals surface area (Å²) in [5, 5.41) is 7.63. The lowest BCUT2D eigenvalue weighted by Crippen LogP contribution is -2.04. The van der Waals surface area contributed by atoms with Crippen molar-refractivity contribution in [1.82, 2.24) is 9.78 Å². The van der Waals surface area contributed by atoms with Crippen LogP contribution in [0.15, 0.2) is 17.4 Å². The van der Waals surface area contributed by atoms with Crippen molar-refractivity contribution < 1.29 is 0 Å². The van der Waals surface area contributed by atoms with Crippen molar-refractivity contribution in [3.63, 3.8) is 0 Å². The maximum absolute atomic E-state index is 8.20. The second-order valence-corrected chi connectivity index (χ2v) is 3.28. The topological polar surface area (TPSA) is 66.6 Å². The first-order chi connectivity index (χ1) is 6.40. The van der Waals surface area contributed by atoms with Gasteiger partial charge in [-0.2, -0.15) is 5.10 Å². The minimum atomic E-state index is 0.467. The number of nitrogens with zero attached hydrogens (tertiary/aromatic N) is 5. The Kier molecular flexibility index (Phi) is 2.19. The Bertz CT molecular complexity index is 330. The molecule has 1 aromatic heterocycles. The lowest BCUT2D eigenvalue weighted by molar-refractivity contribution is 0.468. The highest BCUT2D eigenvalue weighted by Crippen LogP contribution is 2.29. The molecule has 0 atom stereocenters. The van der Waals surface area contributed by atoms with Crippen molar-refractivity contribution in [3.05, 3.63) is 22.7 Å². The SMILES string of the molecule is [N-]=[N+]=Nc1ccn(C2CCCC2)n1. The normalized spacial score (nSPS) is 17.2. The minimum absolute atomic E-state index is 0.467. The Morgan fingerprint density at radius 2 is 2.31 bits per heavy atom. The van der Waals surface area contributed by atoms with Gasteiger partial charge in [0.1, 0.15) is 5.82 Å². The molecule has 0 amide bonds. The summed E-state index contributed by atoms with van der Waals surface area (Å²) in [4.78, 5) is 2.70. The van der Waals surface area contributed by atoms with Gasteiger partial charge in [-0.05, 0) is 29.6 Å². The van der Waals surface area contributed by atoms with Crippen LogP contribution < -0.4 is 0 Å². The Balaban J connectivity index is 2.16. The molecule has 0 aromatic carbocycles. The van der Waals surface area contributed by atoms with E-state index in [1.54, 1.807) is 6.07 Å². The second kappa shape index (κ2) is 3.49. The third-order valence-corrected chi connectivity index (χ3v) is 2.44. The van der Waals surface area contributed by atoms with Gasteiger partial charge >= 0.3 is 0 Å². The summed E-state index contributed by atoms with van der Waals surface area (Å²) in [6.45, 7) is 0. The molecule has 0 unspecified atom stereocenters. The molecule has 5 nitrogen and oxygen atoms in total. The Labute approximate surface area is 76.0 Å². The zero-order chi connectivity index (χ0) is 9.10. The van der Waals surface area contributed by atoms with Crippen molar-refractivity contribution in [2.75, 3.05) is 0 Å². The minimum Gasteiger partial charge on any atom is -0.269 e. The Morgan fingerprint density at radius 3 is 3.00 bits per heavy atom. The highest BCUT2D eigenvalue weighted by atomic mass is 15.3. The van der Waals surface area contributed by atoms with Crippen LogP contribution in [0.5, 0.6) is 0 Å². The Hall–Kier alpha value is -1.48. The average molecular weight is 177 g/mol. The van der Waals surface area contributed by atoms with Gasteiger partial charge in [0.25, 0.3) is 0 Å². The second-order valence-electron chi connectivity index (χ2n) is 3.28. The molecule has 1 aliphatic carbocycles. The van der Waals surface area contributed by atoms with Gasteiger partial charge in [0.05, 0.1) is 6.04 Å². The van der Waals surface area contributed by atoms with Gasteiger partial charge in [-0.25, -0.2) is 0 Å². The molecule has 0 N–H and O–H groups in total. The van der Waals surface area contributed by atoms with Crippen LogP contribution in [0, 0.1) is 0 Å². The van der Waals surface area contributed by atoms with Crippen molar-refractivity contribution in [3.8, 4) is 0 Å². The number of rotatable bonds is 2. The lowest BCUT2D eigenvalue weighted by Gasteiger charge is -2.08. The van der Waals surface area contributed by atoms with Crippen LogP contribution in [0.4, 0.5) is 5.82 Å². The summed E-state index contributed by atoms with van der Waals surface area (Å²) in [5.74, 6) is 0.467. The third kappa shape index (κ3) is 1.65. The zero-order valence-electron chi connectivity index (χ0n) is 7.30. The van der Waals surface area contributed by atoms with E-state index in [0.29, 0.717) is 11.9 Å². The molecule has 1 saturated carbocycles. The molecule has 5 heteroatoms. The van der Waals surface area contributed by atoms with E-state index in [-0.39, 0.29) is 0 Å². The van der Waals surface area contributed by atoms with Crippen molar-refractivity contribution >= 4 is 5.82 Å². The van der Waals surface area contributed by atoms with Crippen molar-refractivity contribution in [2.24, 2.45) is 5.11 Å². The Morgan fingerprint density at radius 1 is 1.54 bits per heavy atom. The summed E-state index contributed by atoms with van der Waals surface area (Å²) in [7, 11) is 0. The van der Waals surface area contributed by atoms with E-state index in [9.17, 15) is 0 Å². The highest BCUT2D eigenvalue weighted by molar-refractivity contribution is 5.23. The first-order valence-corrected chi connectivity index (χ1v) is 4.50. The van der Waals surface area contributed by atoms with Crippen molar-refractivity contribution in [1.29, 1.82) is 0 Å². The summed E-state index contributed by atoms with van der Waals surface area (Å²) < 4.78 is 1.91. The lowest BCUT2D eigenvalue weighted by atomic mass is 10.3. The summed E-state index contributed by atoms with van der Waals surface area (Å²) >= 11 is 0. The summed E-state index contributed by atoms with van der Waals surface area (Å²) in [6.07, 6.45) is 6.83. The molecule has 0 saturated heterocycles. The van der Waals surface area contributed by atoms with E-state index in [2.05, 4.69) is 15.1 Å². The molecule has 0 bridgehead atoms. The molecule has 1 heterocycles. The molecular weight excluding hydrogens is 166 g/mol. The molecule has 1 aliphatic rings. The third-order valence-electron chi connectivity index (χ3n) is 2.44. The molecule has 2 rings (SSSR count). The highest BCUT2D eigenvalue weighted by Gasteiger charge is 2.16. The number of hydrogen-bond donors (Lipinski definition) is 0. The zero-order valence-corrected chi connectivity index (χ0v) is 7.30. The summed E-state index contributed by atoms with van der Waals surface area (Å²) in [5.41, 5.74) is 8.20. The standard InChI is InChI=1S/C8H11N5/c9-12-10-8-5-6-13(11-8)7-3-1-2-4-7/h5-7H,1-4H2. The van der Waals surface area contributed by atoms with Gasteiger partial charge in [0.2, 0.25) is 0 Å². The van der Waals surface area contributed by atoms with Crippen LogP contribution in [0.3, 0.4) is 0 Å². The fraction of sp³-hybridized carbons (Fsp3) is 0.625. The smallest absolute Gasteiger partial charge is 0.148 e. The van der Waals surface area contributed by atoms with E-state index in [4.69, 9.17) is 5.53 Å². The van der Waals surface area contributed by atoms with Gasteiger partial charge in [0.15, 0.2) is 0 Å². The van der Waals surface area contributed by atoms with E-state index in [0.717, 1.165) is 0 Å². The molecule has 0 radical (unpaired) electrons. The van der Waals surface area contributed by atoms with Gasteiger partial charge < -0.3 is 0 Å². The molecule has 1 aromatic rings. The van der Waals surface area contributed by atoms with Gasteiger partial charge in [-0.1, -0.05) is 12.8 Å². The molecule has 68 valence electrons. The maximum Gasteiger partial charge on any atom is 0.148 e. The summed E-state index contributed by atoms with van der Waals surface area (Å²) in [6, 6.07) is 2.26. The van der Waals surface area contributed by atoms with Crippen LogP contribution in [0.25, 0.3) is 10.4 Å². The molecule has 0 aliphatic heterocycles. The van der Waals surface area contributed by atoms with Crippen molar-refractivity contribution in [2.45, 2.75) is 31.7 Å². The van der Waals surface area contributed by atoms with Gasteiger partial charge in [-0.15, -0.1) is 0 Å². The largest absolute Gasteiger partial charge is 0.269 e. The van der Waals surface area contributed by atoms with Crippen LogP contribution in [0.1, 0.15) is 31.7 Å². The van der Waals surface area contributed by atoms with Crippen LogP contribution in [0.2, 0.25) is 0 Å². The fourth-order valence-electron chi connectivity index (χ4n) is 1.80. The van der Waals surface area contributed by atoms with E-state index in [1.807, 2.05) is 10.9 Å². The number of azide groups is 1. The molecule has 1 fully saturated rings. The molecular formula is C8H11N5.